The molecule has 0 aliphatic carbocycles. The van der Waals surface area contributed by atoms with E-state index in [9.17, 15) is 9.59 Å². The van der Waals surface area contributed by atoms with Crippen molar-refractivity contribution in [3.05, 3.63) is 54.5 Å². The Hall–Kier alpha value is -4.58. The predicted molar refractivity (Wildman–Crippen MR) is 122 cm³/mol. The summed E-state index contributed by atoms with van der Waals surface area (Å²) in [5.74, 6) is 1.12. The summed E-state index contributed by atoms with van der Waals surface area (Å²) in [6, 6.07) is 10.8. The molecule has 0 bridgehead atoms. The van der Waals surface area contributed by atoms with Crippen LogP contribution in [0.25, 0.3) is 0 Å². The van der Waals surface area contributed by atoms with Gasteiger partial charge in [-0.25, -0.2) is 15.3 Å². The van der Waals surface area contributed by atoms with E-state index in [2.05, 4.69) is 30.9 Å². The molecule has 0 atom stereocenters. The van der Waals surface area contributed by atoms with E-state index < -0.39 is 11.9 Å². The summed E-state index contributed by atoms with van der Waals surface area (Å²) >= 11 is 0. The van der Waals surface area contributed by atoms with Crippen molar-refractivity contribution >= 4 is 23.3 Å². The van der Waals surface area contributed by atoms with E-state index in [0.29, 0.717) is 34.4 Å². The molecule has 0 spiro atoms. The Kier molecular flexibility index (Phi) is 8.02. The van der Waals surface area contributed by atoms with Crippen molar-refractivity contribution in [3.8, 4) is 28.9 Å². The number of carbonyl (C=O) groups is 2. The average Bonchev–Trinajstić information content (AvgIpc) is 2.84. The van der Waals surface area contributed by atoms with Gasteiger partial charge in [0.25, 0.3) is 0 Å². The van der Waals surface area contributed by atoms with Gasteiger partial charge < -0.3 is 29.6 Å². The molecule has 34 heavy (non-hydrogen) atoms. The second-order valence-corrected chi connectivity index (χ2v) is 6.47. The second-order valence-electron chi connectivity index (χ2n) is 6.47. The molecule has 0 saturated heterocycles. The summed E-state index contributed by atoms with van der Waals surface area (Å²) in [5, 5.41) is 5.42. The molecule has 3 aromatic rings. The average molecular weight is 469 g/mol. The number of amides is 3. The summed E-state index contributed by atoms with van der Waals surface area (Å²) in [6.07, 6.45) is 1.39. The van der Waals surface area contributed by atoms with Crippen LogP contribution in [-0.2, 0) is 4.84 Å². The van der Waals surface area contributed by atoms with Gasteiger partial charge in [0.05, 0.1) is 34.1 Å². The number of hydrogen-bond donors (Lipinski definition) is 3. The maximum absolute atomic E-state index is 12.4. The summed E-state index contributed by atoms with van der Waals surface area (Å²) < 4.78 is 21.5. The van der Waals surface area contributed by atoms with E-state index in [1.807, 2.05) is 0 Å². The van der Waals surface area contributed by atoms with Crippen LogP contribution in [-0.4, -0.2) is 50.3 Å². The number of carbonyl (C=O) groups excluding carboxylic acids is 2. The Bertz CT molecular complexity index is 1130. The smallest absolute Gasteiger partial charge is 0.323 e. The van der Waals surface area contributed by atoms with Gasteiger partial charge in [-0.3, -0.25) is 9.63 Å². The zero-order valence-electron chi connectivity index (χ0n) is 18.9. The van der Waals surface area contributed by atoms with Crippen molar-refractivity contribution in [3.63, 3.8) is 0 Å². The van der Waals surface area contributed by atoms with Gasteiger partial charge in [-0.05, 0) is 24.3 Å². The zero-order chi connectivity index (χ0) is 24.5. The minimum Gasteiger partial charge on any atom is -0.493 e. The fourth-order valence-corrected chi connectivity index (χ4v) is 2.82. The van der Waals surface area contributed by atoms with Crippen LogP contribution in [0.1, 0.15) is 10.6 Å². The number of hydrogen-bond acceptors (Lipinski definition) is 9. The van der Waals surface area contributed by atoms with E-state index in [4.69, 9.17) is 18.9 Å². The van der Waals surface area contributed by atoms with Crippen molar-refractivity contribution < 1.29 is 33.4 Å². The second kappa shape index (κ2) is 11.3. The third kappa shape index (κ3) is 6.01. The predicted octanol–water partition coefficient (Wildman–Crippen LogP) is 3.23. The Morgan fingerprint density at radius 1 is 0.824 bits per heavy atom. The molecule has 0 fully saturated rings. The van der Waals surface area contributed by atoms with E-state index in [1.165, 1.54) is 40.7 Å². The Morgan fingerprint density at radius 2 is 1.47 bits per heavy atom. The molecule has 1 aromatic heterocycles. The first-order chi connectivity index (χ1) is 16.5. The maximum atomic E-state index is 12.4. The number of ether oxygens (including phenoxy) is 4. The van der Waals surface area contributed by atoms with E-state index in [1.54, 1.807) is 36.4 Å². The third-order valence-corrected chi connectivity index (χ3v) is 4.29. The molecule has 2 aromatic carbocycles. The van der Waals surface area contributed by atoms with Crippen LogP contribution in [0, 0.1) is 0 Å². The molecule has 0 radical (unpaired) electrons. The molecular weight excluding hydrogens is 446 g/mol. The highest BCUT2D eigenvalue weighted by atomic mass is 16.6. The van der Waals surface area contributed by atoms with Crippen molar-refractivity contribution in [2.75, 3.05) is 39.1 Å². The first-order valence-electron chi connectivity index (χ1n) is 9.79. The Balaban J connectivity index is 1.63. The van der Waals surface area contributed by atoms with Gasteiger partial charge in [0.1, 0.15) is 5.75 Å². The highest BCUT2D eigenvalue weighted by molar-refractivity contribution is 6.00. The van der Waals surface area contributed by atoms with Crippen LogP contribution in [0.15, 0.2) is 48.7 Å². The fourth-order valence-electron chi connectivity index (χ4n) is 2.82. The van der Waals surface area contributed by atoms with Gasteiger partial charge in [0.15, 0.2) is 11.5 Å². The van der Waals surface area contributed by atoms with Crippen LogP contribution >= 0.6 is 0 Å². The summed E-state index contributed by atoms with van der Waals surface area (Å²) in [7, 11) is 5.77. The molecule has 3 N–H and O–H groups in total. The van der Waals surface area contributed by atoms with Crippen LogP contribution in [0.4, 0.5) is 16.2 Å². The van der Waals surface area contributed by atoms with E-state index in [-0.39, 0.29) is 11.7 Å². The van der Waals surface area contributed by atoms with Crippen molar-refractivity contribution in [2.24, 2.45) is 0 Å². The monoisotopic (exact) mass is 469 g/mol. The van der Waals surface area contributed by atoms with E-state index >= 15 is 0 Å². The highest BCUT2D eigenvalue weighted by Gasteiger charge is 2.15. The molecule has 0 saturated carbocycles. The van der Waals surface area contributed by atoms with Crippen LogP contribution in [0.5, 0.6) is 28.9 Å². The topological polar surface area (TPSA) is 142 Å². The minimum atomic E-state index is -0.606. The molecule has 3 rings (SSSR count). The molecule has 1 heterocycles. The number of benzene rings is 2. The zero-order valence-corrected chi connectivity index (χ0v) is 18.9. The Morgan fingerprint density at radius 3 is 2.06 bits per heavy atom. The Labute approximate surface area is 195 Å². The van der Waals surface area contributed by atoms with Crippen LogP contribution in [0.3, 0.4) is 0 Å². The van der Waals surface area contributed by atoms with Gasteiger partial charge in [-0.1, -0.05) is 0 Å². The van der Waals surface area contributed by atoms with Gasteiger partial charge in [-0.15, -0.1) is 0 Å². The normalized spacial score (nSPS) is 10.1. The largest absolute Gasteiger partial charge is 0.493 e. The highest BCUT2D eigenvalue weighted by Crippen LogP contribution is 2.39. The minimum absolute atomic E-state index is 0.110. The number of urea groups is 1. The molecule has 12 nitrogen and oxygen atoms in total. The van der Waals surface area contributed by atoms with Crippen LogP contribution < -0.4 is 35.1 Å². The molecular formula is C22H23N5O7. The third-order valence-electron chi connectivity index (χ3n) is 4.29. The molecule has 0 aliphatic heterocycles. The molecule has 12 heteroatoms. The van der Waals surface area contributed by atoms with Crippen LogP contribution in [0.2, 0.25) is 0 Å². The lowest BCUT2D eigenvalue weighted by Gasteiger charge is -2.15. The summed E-state index contributed by atoms with van der Waals surface area (Å²) in [6.45, 7) is 0. The number of nitrogens with zero attached hydrogens (tertiary/aromatic N) is 2. The number of anilines is 2. The number of nitrogens with one attached hydrogen (secondary N) is 3. The number of hydroxylamine groups is 1. The van der Waals surface area contributed by atoms with Gasteiger partial charge in [0, 0.05) is 30.1 Å². The van der Waals surface area contributed by atoms with Gasteiger partial charge in [0.2, 0.25) is 17.5 Å². The van der Waals surface area contributed by atoms with E-state index in [0.717, 1.165) is 0 Å². The lowest BCUT2D eigenvalue weighted by atomic mass is 10.2. The maximum Gasteiger partial charge on any atom is 0.323 e. The first-order valence-corrected chi connectivity index (χ1v) is 9.79. The van der Waals surface area contributed by atoms with Crippen molar-refractivity contribution in [2.45, 2.75) is 0 Å². The molecule has 0 aliphatic rings. The first kappa shape index (κ1) is 24.1. The van der Waals surface area contributed by atoms with Gasteiger partial charge >= 0.3 is 11.9 Å². The fraction of sp³-hybridized carbons (Fsp3) is 0.182. The molecule has 178 valence electrons. The number of rotatable bonds is 9. The quantitative estimate of drug-likeness (QED) is 0.403. The molecule has 3 amide bonds. The van der Waals surface area contributed by atoms with Gasteiger partial charge in [-0.2, -0.15) is 4.98 Å². The lowest BCUT2D eigenvalue weighted by molar-refractivity contribution is 0.0526. The SMILES string of the molecule is CONC(=O)c1nccc(Oc2ccc(NC(=O)Nc3cc(OC)c(OC)c(OC)c3)cc2)n1. The summed E-state index contributed by atoms with van der Waals surface area (Å²) in [4.78, 5) is 36.6. The summed E-state index contributed by atoms with van der Waals surface area (Å²) in [5.41, 5.74) is 3.09. The van der Waals surface area contributed by atoms with Crippen molar-refractivity contribution in [1.82, 2.24) is 15.4 Å². The standard InChI is InChI=1S/C22H23N5O7/c1-30-16-11-14(12-17(31-2)19(16)32-3)25-22(29)24-13-5-7-15(8-6-13)34-18-9-10-23-20(26-18)21(28)27-33-4/h5-12H,1-4H3,(H,27,28)(H2,24,25,29). The number of aromatic nitrogens is 2. The van der Waals surface area contributed by atoms with Crippen molar-refractivity contribution in [1.29, 1.82) is 0 Å². The molecule has 0 unspecified atom stereocenters. The number of methoxy groups -OCH3 is 3. The lowest BCUT2D eigenvalue weighted by Crippen LogP contribution is -2.24.